The Labute approximate surface area is 119 Å². The molecule has 0 radical (unpaired) electrons. The van der Waals surface area contributed by atoms with Crippen LogP contribution in [0.3, 0.4) is 0 Å². The molecule has 3 nitrogen and oxygen atoms in total. The van der Waals surface area contributed by atoms with Crippen molar-refractivity contribution in [2.45, 2.75) is 45.8 Å². The third-order valence-electron chi connectivity index (χ3n) is 3.91. The Kier molecular flexibility index (Phi) is 3.54. The van der Waals surface area contributed by atoms with Gasteiger partial charge in [0.1, 0.15) is 0 Å². The van der Waals surface area contributed by atoms with Crippen LogP contribution in [0.2, 0.25) is 5.02 Å². The average Bonchev–Trinajstić information content (AvgIpc) is 2.48. The van der Waals surface area contributed by atoms with E-state index < -0.39 is 18.3 Å². The smallest absolute Gasteiger partial charge is 0.399 e. The molecule has 0 saturated carbocycles. The highest BCUT2D eigenvalue weighted by atomic mass is 35.5. The molecular weight excluding hydrogens is 262 g/mol. The van der Waals surface area contributed by atoms with E-state index in [0.29, 0.717) is 16.0 Å². The minimum Gasteiger partial charge on any atom is -0.399 e. The van der Waals surface area contributed by atoms with E-state index in [1.807, 2.05) is 27.7 Å². The predicted molar refractivity (Wildman–Crippen MR) is 77.2 cm³/mol. The van der Waals surface area contributed by atoms with Crippen molar-refractivity contribution in [3.8, 4) is 0 Å². The van der Waals surface area contributed by atoms with Crippen LogP contribution in [0.5, 0.6) is 0 Å². The van der Waals surface area contributed by atoms with E-state index in [1.165, 1.54) is 6.92 Å². The molecular formula is C14H18BClO3. The molecule has 1 aliphatic heterocycles. The van der Waals surface area contributed by atoms with Crippen molar-refractivity contribution in [2.24, 2.45) is 0 Å². The van der Waals surface area contributed by atoms with E-state index >= 15 is 0 Å². The van der Waals surface area contributed by atoms with Crippen molar-refractivity contribution >= 4 is 30.0 Å². The zero-order valence-corrected chi connectivity index (χ0v) is 12.7. The van der Waals surface area contributed by atoms with Gasteiger partial charge in [-0.15, -0.1) is 0 Å². The van der Waals surface area contributed by atoms with Crippen molar-refractivity contribution in [3.63, 3.8) is 0 Å². The third kappa shape index (κ3) is 2.57. The maximum absolute atomic E-state index is 11.5. The zero-order valence-electron chi connectivity index (χ0n) is 11.9. The fraction of sp³-hybridized carbons (Fsp3) is 0.500. The van der Waals surface area contributed by atoms with Crippen molar-refractivity contribution in [3.05, 3.63) is 28.8 Å². The molecule has 0 unspecified atom stereocenters. The van der Waals surface area contributed by atoms with Crippen molar-refractivity contribution in [2.75, 3.05) is 0 Å². The minimum atomic E-state index is -0.545. The molecule has 1 heterocycles. The van der Waals surface area contributed by atoms with Crippen molar-refractivity contribution in [1.29, 1.82) is 0 Å². The van der Waals surface area contributed by atoms with Gasteiger partial charge in [-0.25, -0.2) is 0 Å². The molecule has 1 aliphatic rings. The monoisotopic (exact) mass is 280 g/mol. The fourth-order valence-electron chi connectivity index (χ4n) is 1.91. The first-order valence-electron chi connectivity index (χ1n) is 6.30. The van der Waals surface area contributed by atoms with Crippen LogP contribution in [0.25, 0.3) is 0 Å². The minimum absolute atomic E-state index is 0.00515. The van der Waals surface area contributed by atoms with Gasteiger partial charge in [-0.3, -0.25) is 4.79 Å². The molecule has 102 valence electrons. The number of rotatable bonds is 2. The van der Waals surface area contributed by atoms with Gasteiger partial charge in [0.25, 0.3) is 0 Å². The number of halogens is 1. The van der Waals surface area contributed by atoms with E-state index in [9.17, 15) is 4.79 Å². The van der Waals surface area contributed by atoms with Gasteiger partial charge in [0, 0.05) is 16.0 Å². The molecule has 0 aliphatic carbocycles. The molecule has 1 fully saturated rings. The summed E-state index contributed by atoms with van der Waals surface area (Å²) in [4.78, 5) is 11.5. The summed E-state index contributed by atoms with van der Waals surface area (Å²) < 4.78 is 11.9. The number of hydrogen-bond acceptors (Lipinski definition) is 3. The van der Waals surface area contributed by atoms with Gasteiger partial charge in [0.05, 0.1) is 11.2 Å². The highest BCUT2D eigenvalue weighted by Crippen LogP contribution is 2.37. The van der Waals surface area contributed by atoms with Crippen LogP contribution in [0.1, 0.15) is 45.0 Å². The Morgan fingerprint density at radius 3 is 2.16 bits per heavy atom. The van der Waals surface area contributed by atoms with E-state index in [0.717, 1.165) is 0 Å². The summed E-state index contributed by atoms with van der Waals surface area (Å²) in [6.07, 6.45) is 0. The summed E-state index contributed by atoms with van der Waals surface area (Å²) in [6, 6.07) is 5.16. The maximum atomic E-state index is 11.5. The molecule has 1 aromatic rings. The van der Waals surface area contributed by atoms with Gasteiger partial charge < -0.3 is 9.31 Å². The second kappa shape index (κ2) is 4.62. The Morgan fingerprint density at radius 2 is 1.68 bits per heavy atom. The third-order valence-corrected chi connectivity index (χ3v) is 4.25. The molecule has 19 heavy (non-hydrogen) atoms. The molecule has 0 bridgehead atoms. The standard InChI is InChI=1S/C14H18BClO3/c1-9(17)10-6-7-12(16)11(8-10)15-18-13(2,3)14(4,5)19-15/h6-8H,1-5H3. The number of ketones is 1. The van der Waals surface area contributed by atoms with E-state index in [4.69, 9.17) is 20.9 Å². The number of hydrogen-bond donors (Lipinski definition) is 0. The number of benzene rings is 1. The molecule has 0 spiro atoms. The highest BCUT2D eigenvalue weighted by Gasteiger charge is 2.52. The molecule has 0 aromatic heterocycles. The molecule has 2 rings (SSSR count). The van der Waals surface area contributed by atoms with Gasteiger partial charge in [0.15, 0.2) is 5.78 Å². The van der Waals surface area contributed by atoms with Crippen LogP contribution in [-0.4, -0.2) is 24.1 Å². The quantitative estimate of drug-likeness (QED) is 0.617. The number of carbonyl (C=O) groups excluding carboxylic acids is 1. The van der Waals surface area contributed by atoms with Crippen LogP contribution in [0.15, 0.2) is 18.2 Å². The lowest BCUT2D eigenvalue weighted by molar-refractivity contribution is 0.00578. The summed E-state index contributed by atoms with van der Waals surface area (Å²) in [5, 5.41) is 0.545. The second-order valence-electron chi connectivity index (χ2n) is 5.88. The van der Waals surface area contributed by atoms with E-state index in [2.05, 4.69) is 0 Å². The topological polar surface area (TPSA) is 35.5 Å². The van der Waals surface area contributed by atoms with Gasteiger partial charge >= 0.3 is 7.12 Å². The molecule has 1 aromatic carbocycles. The van der Waals surface area contributed by atoms with Crippen LogP contribution >= 0.6 is 11.6 Å². The van der Waals surface area contributed by atoms with E-state index in [-0.39, 0.29) is 5.78 Å². The van der Waals surface area contributed by atoms with Gasteiger partial charge in [-0.2, -0.15) is 0 Å². The first kappa shape index (κ1) is 14.6. The van der Waals surface area contributed by atoms with Crippen LogP contribution in [0.4, 0.5) is 0 Å². The Hall–Kier alpha value is -0.835. The van der Waals surface area contributed by atoms with Crippen LogP contribution in [-0.2, 0) is 9.31 Å². The number of Topliss-reactive ketones (excluding diaryl/α,β-unsaturated/α-hetero) is 1. The first-order chi connectivity index (χ1) is 8.64. The average molecular weight is 281 g/mol. The van der Waals surface area contributed by atoms with Crippen LogP contribution in [0, 0.1) is 0 Å². The Balaban J connectivity index is 2.39. The highest BCUT2D eigenvalue weighted by molar-refractivity contribution is 6.65. The number of carbonyl (C=O) groups is 1. The largest absolute Gasteiger partial charge is 0.496 e. The molecule has 5 heteroatoms. The summed E-state index contributed by atoms with van der Waals surface area (Å²) >= 11 is 6.20. The lowest BCUT2D eigenvalue weighted by Gasteiger charge is -2.32. The zero-order chi connectivity index (χ0) is 14.4. The Morgan fingerprint density at radius 1 is 1.16 bits per heavy atom. The Bertz CT molecular complexity index is 509. The predicted octanol–water partition coefficient (Wildman–Crippen LogP) is 2.84. The lowest BCUT2D eigenvalue weighted by Crippen LogP contribution is -2.41. The lowest BCUT2D eigenvalue weighted by atomic mass is 9.78. The summed E-state index contributed by atoms with van der Waals surface area (Å²) in [5.74, 6) is -0.00515. The van der Waals surface area contributed by atoms with Gasteiger partial charge in [-0.1, -0.05) is 17.7 Å². The summed E-state index contributed by atoms with van der Waals surface area (Å²) in [7, 11) is -0.545. The SMILES string of the molecule is CC(=O)c1ccc(Cl)c(B2OC(C)(C)C(C)(C)O2)c1. The molecule has 0 amide bonds. The second-order valence-corrected chi connectivity index (χ2v) is 6.29. The van der Waals surface area contributed by atoms with E-state index in [1.54, 1.807) is 18.2 Å². The van der Waals surface area contributed by atoms with Crippen molar-refractivity contribution < 1.29 is 14.1 Å². The molecule has 0 N–H and O–H groups in total. The fourth-order valence-corrected chi connectivity index (χ4v) is 2.12. The normalized spacial score (nSPS) is 20.6. The van der Waals surface area contributed by atoms with Gasteiger partial charge in [-0.05, 0) is 46.8 Å². The summed E-state index contributed by atoms with van der Waals surface area (Å²) in [5.41, 5.74) is 0.461. The van der Waals surface area contributed by atoms with Gasteiger partial charge in [0.2, 0.25) is 0 Å². The molecule has 1 saturated heterocycles. The van der Waals surface area contributed by atoms with Crippen LogP contribution < -0.4 is 5.46 Å². The maximum Gasteiger partial charge on any atom is 0.496 e. The van der Waals surface area contributed by atoms with Crippen molar-refractivity contribution in [1.82, 2.24) is 0 Å². The first-order valence-corrected chi connectivity index (χ1v) is 6.68. The molecule has 0 atom stereocenters. The summed E-state index contributed by atoms with van der Waals surface area (Å²) in [6.45, 7) is 9.45.